The van der Waals surface area contributed by atoms with Gasteiger partial charge in [-0.05, 0) is 30.7 Å². The van der Waals surface area contributed by atoms with Gasteiger partial charge in [0.15, 0.2) is 0 Å². The van der Waals surface area contributed by atoms with Crippen molar-refractivity contribution >= 4 is 10.8 Å². The largest absolute Gasteiger partial charge is 0.491 e. The Morgan fingerprint density at radius 2 is 1.74 bits per heavy atom. The van der Waals surface area contributed by atoms with Crippen LogP contribution in [0.2, 0.25) is 0 Å². The summed E-state index contributed by atoms with van der Waals surface area (Å²) < 4.78 is 5.95. The molecule has 2 heteroatoms. The van der Waals surface area contributed by atoms with Gasteiger partial charge in [-0.25, -0.2) is 0 Å². The number of hydrogen-bond donors (Lipinski definition) is 1. The molecule has 0 aliphatic carbocycles. The van der Waals surface area contributed by atoms with Crippen molar-refractivity contribution in [3.05, 3.63) is 42.0 Å². The van der Waals surface area contributed by atoms with Gasteiger partial charge in [-0.2, -0.15) is 0 Å². The molecule has 0 aliphatic heterocycles. The number of rotatable bonds is 5. The molecule has 0 atom stereocenters. The van der Waals surface area contributed by atoms with Gasteiger partial charge in [0.2, 0.25) is 0 Å². The highest BCUT2D eigenvalue weighted by Crippen LogP contribution is 2.28. The van der Waals surface area contributed by atoms with Crippen molar-refractivity contribution in [3.8, 4) is 5.75 Å². The predicted octanol–water partition coefficient (Wildman–Crippen LogP) is 4.13. The molecule has 19 heavy (non-hydrogen) atoms. The molecule has 0 saturated heterocycles. The fourth-order valence-electron chi connectivity index (χ4n) is 2.17. The molecule has 0 bridgehead atoms. The molecule has 0 heterocycles. The molecular weight excluding hydrogens is 234 g/mol. The van der Waals surface area contributed by atoms with Gasteiger partial charge in [0.1, 0.15) is 5.75 Å². The van der Waals surface area contributed by atoms with E-state index in [-0.39, 0.29) is 6.10 Å². The van der Waals surface area contributed by atoms with Crippen LogP contribution in [-0.4, -0.2) is 12.1 Å². The highest BCUT2D eigenvalue weighted by Gasteiger charge is 2.10. The van der Waals surface area contributed by atoms with E-state index >= 15 is 0 Å². The van der Waals surface area contributed by atoms with Crippen LogP contribution in [0.1, 0.15) is 33.3 Å². The summed E-state index contributed by atoms with van der Waals surface area (Å²) in [6.45, 7) is 9.28. The van der Waals surface area contributed by atoms with Crippen LogP contribution in [0.15, 0.2) is 36.4 Å². The first-order valence-electron chi connectivity index (χ1n) is 6.98. The summed E-state index contributed by atoms with van der Waals surface area (Å²) in [7, 11) is 0. The number of nitrogens with one attached hydrogen (secondary N) is 1. The Bertz CT molecular complexity index is 546. The molecule has 0 aliphatic rings. The van der Waals surface area contributed by atoms with Gasteiger partial charge >= 0.3 is 0 Å². The van der Waals surface area contributed by atoms with Crippen molar-refractivity contribution in [3.63, 3.8) is 0 Å². The summed E-state index contributed by atoms with van der Waals surface area (Å²) in [5, 5.41) is 6.02. The molecule has 2 nitrogen and oxygen atoms in total. The highest BCUT2D eigenvalue weighted by atomic mass is 16.5. The standard InChI is InChI=1S/C17H23NO/c1-12(2)18-11-16-15-8-6-5-7-14(15)9-10-17(16)19-13(3)4/h5-10,12-13,18H,11H2,1-4H3. The zero-order valence-corrected chi connectivity index (χ0v) is 12.2. The van der Waals surface area contributed by atoms with Crippen molar-refractivity contribution in [2.75, 3.05) is 0 Å². The van der Waals surface area contributed by atoms with Gasteiger partial charge in [-0.3, -0.25) is 0 Å². The Morgan fingerprint density at radius 3 is 2.42 bits per heavy atom. The van der Waals surface area contributed by atoms with E-state index < -0.39 is 0 Å². The van der Waals surface area contributed by atoms with E-state index in [4.69, 9.17) is 4.74 Å². The van der Waals surface area contributed by atoms with Crippen molar-refractivity contribution in [1.82, 2.24) is 5.32 Å². The van der Waals surface area contributed by atoms with E-state index in [9.17, 15) is 0 Å². The number of benzene rings is 2. The van der Waals surface area contributed by atoms with Crippen LogP contribution in [-0.2, 0) is 6.54 Å². The Labute approximate surface area is 115 Å². The van der Waals surface area contributed by atoms with Crippen LogP contribution in [0.4, 0.5) is 0 Å². The van der Waals surface area contributed by atoms with Gasteiger partial charge in [0.25, 0.3) is 0 Å². The second-order valence-corrected chi connectivity index (χ2v) is 5.47. The van der Waals surface area contributed by atoms with E-state index in [1.54, 1.807) is 0 Å². The molecule has 2 aromatic carbocycles. The zero-order valence-electron chi connectivity index (χ0n) is 12.2. The van der Waals surface area contributed by atoms with E-state index in [1.807, 2.05) is 0 Å². The van der Waals surface area contributed by atoms with Crippen molar-refractivity contribution < 1.29 is 4.74 Å². The molecule has 0 spiro atoms. The summed E-state index contributed by atoms with van der Waals surface area (Å²) in [5.74, 6) is 0.988. The lowest BCUT2D eigenvalue weighted by Gasteiger charge is -2.18. The third-order valence-corrected chi connectivity index (χ3v) is 3.05. The van der Waals surface area contributed by atoms with Crippen molar-refractivity contribution in [1.29, 1.82) is 0 Å². The molecule has 102 valence electrons. The average molecular weight is 257 g/mol. The lowest BCUT2D eigenvalue weighted by atomic mass is 10.0. The second kappa shape index (κ2) is 6.07. The summed E-state index contributed by atoms with van der Waals surface area (Å²) >= 11 is 0. The molecule has 0 fully saturated rings. The van der Waals surface area contributed by atoms with Crippen molar-refractivity contribution in [2.24, 2.45) is 0 Å². The lowest BCUT2D eigenvalue weighted by molar-refractivity contribution is 0.240. The van der Waals surface area contributed by atoms with Crippen LogP contribution in [0, 0.1) is 0 Å². The SMILES string of the molecule is CC(C)NCc1c(OC(C)C)ccc2ccccc12. The summed E-state index contributed by atoms with van der Waals surface area (Å²) in [5.41, 5.74) is 1.25. The maximum Gasteiger partial charge on any atom is 0.124 e. The number of hydrogen-bond acceptors (Lipinski definition) is 2. The highest BCUT2D eigenvalue weighted by molar-refractivity contribution is 5.87. The van der Waals surface area contributed by atoms with E-state index in [0.717, 1.165) is 12.3 Å². The molecule has 2 rings (SSSR count). The molecule has 0 amide bonds. The quantitative estimate of drug-likeness (QED) is 0.869. The van der Waals surface area contributed by atoms with Gasteiger partial charge in [-0.15, -0.1) is 0 Å². The maximum atomic E-state index is 5.95. The zero-order chi connectivity index (χ0) is 13.8. The van der Waals surface area contributed by atoms with Crippen molar-refractivity contribution in [2.45, 2.75) is 46.4 Å². The Hall–Kier alpha value is -1.54. The van der Waals surface area contributed by atoms with Gasteiger partial charge < -0.3 is 10.1 Å². The van der Waals surface area contributed by atoms with E-state index in [1.165, 1.54) is 16.3 Å². The smallest absolute Gasteiger partial charge is 0.124 e. The van der Waals surface area contributed by atoms with E-state index in [2.05, 4.69) is 69.4 Å². The molecule has 0 radical (unpaired) electrons. The lowest BCUT2D eigenvalue weighted by Crippen LogP contribution is -2.22. The minimum Gasteiger partial charge on any atom is -0.491 e. The van der Waals surface area contributed by atoms with Crippen LogP contribution in [0.3, 0.4) is 0 Å². The Kier molecular flexibility index (Phi) is 4.43. The van der Waals surface area contributed by atoms with Crippen LogP contribution < -0.4 is 10.1 Å². The Balaban J connectivity index is 2.44. The normalized spacial score (nSPS) is 11.5. The summed E-state index contributed by atoms with van der Waals surface area (Å²) in [4.78, 5) is 0. The third-order valence-electron chi connectivity index (χ3n) is 3.05. The first-order chi connectivity index (χ1) is 9.08. The fraction of sp³-hybridized carbons (Fsp3) is 0.412. The monoisotopic (exact) mass is 257 g/mol. The molecule has 0 saturated carbocycles. The molecule has 1 N–H and O–H groups in total. The molecule has 2 aromatic rings. The molecular formula is C17H23NO. The fourth-order valence-corrected chi connectivity index (χ4v) is 2.17. The van der Waals surface area contributed by atoms with Crippen LogP contribution in [0.25, 0.3) is 10.8 Å². The van der Waals surface area contributed by atoms with Crippen LogP contribution in [0.5, 0.6) is 5.75 Å². The first-order valence-corrected chi connectivity index (χ1v) is 6.98. The average Bonchev–Trinajstić information content (AvgIpc) is 2.36. The third kappa shape index (κ3) is 3.48. The summed E-state index contributed by atoms with van der Waals surface area (Å²) in [6, 6.07) is 13.1. The maximum absolute atomic E-state index is 5.95. The molecule has 0 unspecified atom stereocenters. The predicted molar refractivity (Wildman–Crippen MR) is 81.7 cm³/mol. The minimum absolute atomic E-state index is 0.193. The van der Waals surface area contributed by atoms with Gasteiger partial charge in [0.05, 0.1) is 6.10 Å². The number of fused-ring (bicyclic) bond motifs is 1. The second-order valence-electron chi connectivity index (χ2n) is 5.47. The van der Waals surface area contributed by atoms with Gasteiger partial charge in [-0.1, -0.05) is 44.2 Å². The topological polar surface area (TPSA) is 21.3 Å². The number of ether oxygens (including phenoxy) is 1. The summed E-state index contributed by atoms with van der Waals surface area (Å²) in [6.07, 6.45) is 0.193. The van der Waals surface area contributed by atoms with Gasteiger partial charge in [0, 0.05) is 18.2 Å². The van der Waals surface area contributed by atoms with E-state index in [0.29, 0.717) is 6.04 Å². The molecule has 0 aromatic heterocycles. The first kappa shape index (κ1) is 13.9. The van der Waals surface area contributed by atoms with Crippen LogP contribution >= 0.6 is 0 Å². The minimum atomic E-state index is 0.193. The Morgan fingerprint density at radius 1 is 1.00 bits per heavy atom.